The minimum absolute atomic E-state index is 1.88. The van der Waals surface area contributed by atoms with Gasteiger partial charge in [-0.1, -0.05) is 0 Å². The number of halogens is 10. The van der Waals surface area contributed by atoms with Crippen molar-refractivity contribution in [3.63, 3.8) is 0 Å². The van der Waals surface area contributed by atoms with Gasteiger partial charge in [0.05, 0.1) is 5.56 Å². The van der Waals surface area contributed by atoms with E-state index < -0.39 is 84.6 Å². The van der Waals surface area contributed by atoms with E-state index in [1.165, 1.54) is 0 Å². The Labute approximate surface area is 147 Å². The molecule has 0 heterocycles. The maximum atomic E-state index is 13.5. The van der Waals surface area contributed by atoms with Crippen LogP contribution in [0.4, 0.5) is 43.9 Å². The van der Waals surface area contributed by atoms with Crippen LogP contribution in [-0.2, 0) is 10.0 Å². The summed E-state index contributed by atoms with van der Waals surface area (Å²) >= 11 is 0. The predicted octanol–water partition coefficient (Wildman–Crippen LogP) is 2.57. The minimum atomic E-state index is -6.19. The van der Waals surface area contributed by atoms with Crippen molar-refractivity contribution in [2.75, 3.05) is 0 Å². The summed E-state index contributed by atoms with van der Waals surface area (Å²) in [5.41, 5.74) is -2.44. The number of benzene rings is 2. The van der Waals surface area contributed by atoms with Crippen LogP contribution in [0.1, 0.15) is 5.56 Å². The van der Waals surface area contributed by atoms with Gasteiger partial charge in [-0.05, 0) is 0 Å². The van der Waals surface area contributed by atoms with E-state index in [-0.39, 0.29) is 0 Å². The fourth-order valence-electron chi connectivity index (χ4n) is 1.80. The van der Waals surface area contributed by atoms with E-state index in [9.17, 15) is 57.4 Å². The number of hydrogen-bond donors (Lipinski definition) is 0. The smallest absolute Gasteiger partial charge is 0.287 e. The number of sulfonamides is 1. The van der Waals surface area contributed by atoms with E-state index in [0.717, 1.165) is 0 Å². The van der Waals surface area contributed by atoms with Crippen LogP contribution in [0.25, 0.3) is 0 Å². The molecular formula is C13F10NO3S-. The molecule has 0 bridgehead atoms. The third kappa shape index (κ3) is 3.14. The second-order valence-electron chi connectivity index (χ2n) is 4.72. The van der Waals surface area contributed by atoms with Crippen LogP contribution < -0.4 is 5.11 Å². The molecule has 4 nitrogen and oxygen atoms in total. The maximum absolute atomic E-state index is 13.5. The quantitative estimate of drug-likeness (QED) is 0.242. The largest absolute Gasteiger partial charge is 0.857 e. The molecule has 0 amide bonds. The Kier molecular flexibility index (Phi) is 5.33. The highest BCUT2D eigenvalue weighted by Crippen LogP contribution is 2.29. The molecule has 0 aliphatic carbocycles. The normalized spacial score (nSPS) is 12.6. The minimum Gasteiger partial charge on any atom is -0.857 e. The third-order valence-electron chi connectivity index (χ3n) is 3.05. The zero-order valence-electron chi connectivity index (χ0n) is 12.4. The molecule has 28 heavy (non-hydrogen) atoms. The average Bonchev–Trinajstić information content (AvgIpc) is 2.61. The molecule has 0 saturated carbocycles. The molecule has 0 spiro atoms. The number of rotatable bonds is 3. The van der Waals surface area contributed by atoms with Crippen molar-refractivity contribution in [1.29, 1.82) is 0 Å². The van der Waals surface area contributed by atoms with Crippen LogP contribution in [0.2, 0.25) is 0 Å². The second-order valence-corrected chi connectivity index (χ2v) is 6.26. The lowest BCUT2D eigenvalue weighted by molar-refractivity contribution is -0.212. The first-order valence-corrected chi connectivity index (χ1v) is 7.73. The Bertz CT molecular complexity index is 1090. The summed E-state index contributed by atoms with van der Waals surface area (Å²) in [6.07, 6.45) is 0. The van der Waals surface area contributed by atoms with Crippen LogP contribution >= 0.6 is 0 Å². The second kappa shape index (κ2) is 6.96. The van der Waals surface area contributed by atoms with Gasteiger partial charge in [-0.2, -0.15) is 12.8 Å². The first-order valence-electron chi connectivity index (χ1n) is 6.29. The van der Waals surface area contributed by atoms with Gasteiger partial charge in [0, 0.05) is 5.90 Å². The molecule has 2 rings (SSSR count). The Morgan fingerprint density at radius 1 is 0.571 bits per heavy atom. The van der Waals surface area contributed by atoms with Crippen LogP contribution in [0.15, 0.2) is 9.29 Å². The zero-order chi connectivity index (χ0) is 21.7. The third-order valence-corrected chi connectivity index (χ3v) is 4.33. The van der Waals surface area contributed by atoms with Crippen molar-refractivity contribution in [2.24, 2.45) is 4.40 Å². The molecule has 0 radical (unpaired) electrons. The van der Waals surface area contributed by atoms with Gasteiger partial charge in [0.15, 0.2) is 51.4 Å². The summed E-state index contributed by atoms with van der Waals surface area (Å²) in [5.74, 6) is -30.8. The molecule has 0 aromatic heterocycles. The first kappa shape index (κ1) is 21.5. The van der Waals surface area contributed by atoms with Gasteiger partial charge in [0.1, 0.15) is 0 Å². The van der Waals surface area contributed by atoms with Crippen LogP contribution in [-0.4, -0.2) is 14.3 Å². The summed E-state index contributed by atoms with van der Waals surface area (Å²) < 4.78 is 157. The number of hydrogen-bond acceptors (Lipinski definition) is 3. The highest BCUT2D eigenvalue weighted by molar-refractivity contribution is 7.90. The molecular weight excluding hydrogens is 440 g/mol. The lowest BCUT2D eigenvalue weighted by Crippen LogP contribution is -2.26. The van der Waals surface area contributed by atoms with Crippen molar-refractivity contribution in [3.8, 4) is 0 Å². The van der Waals surface area contributed by atoms with Crippen LogP contribution in [0.3, 0.4) is 0 Å². The molecule has 152 valence electrons. The highest BCUT2D eigenvalue weighted by atomic mass is 32.2. The van der Waals surface area contributed by atoms with Crippen molar-refractivity contribution >= 4 is 15.9 Å². The lowest BCUT2D eigenvalue weighted by atomic mass is 10.1. The van der Waals surface area contributed by atoms with Crippen molar-refractivity contribution in [3.05, 3.63) is 63.7 Å². The molecule has 15 heteroatoms. The van der Waals surface area contributed by atoms with E-state index in [2.05, 4.69) is 0 Å². The van der Waals surface area contributed by atoms with Gasteiger partial charge in [0.2, 0.25) is 11.6 Å². The molecule has 0 aliphatic rings. The summed E-state index contributed by atoms with van der Waals surface area (Å²) in [5, 5.41) is 11.6. The van der Waals surface area contributed by atoms with Gasteiger partial charge < -0.3 is 5.11 Å². The van der Waals surface area contributed by atoms with Crippen LogP contribution in [0.5, 0.6) is 0 Å². The standard InChI is InChI=1S/C13HF10NO3S/c14-2-1(3(15)5(17)6(18)4(2)16)13(25)24-28(26,27)12-10(22)8(20)7(19)9(21)11(12)23/h(H,24,25)/p-1. The Morgan fingerprint density at radius 3 is 1.21 bits per heavy atom. The topological polar surface area (TPSA) is 69.6 Å². The Balaban J connectivity index is 2.81. The summed E-state index contributed by atoms with van der Waals surface area (Å²) in [6, 6.07) is 0. The van der Waals surface area contributed by atoms with Gasteiger partial charge in [-0.25, -0.2) is 43.9 Å². The maximum Gasteiger partial charge on any atom is 0.287 e. The van der Waals surface area contributed by atoms with Gasteiger partial charge in [-0.3, -0.25) is 0 Å². The average molecular weight is 440 g/mol. The molecule has 2 aromatic carbocycles. The fraction of sp³-hybridized carbons (Fsp3) is 0. The van der Waals surface area contributed by atoms with Crippen molar-refractivity contribution < 1.29 is 57.4 Å². The monoisotopic (exact) mass is 440 g/mol. The van der Waals surface area contributed by atoms with Gasteiger partial charge in [-0.15, -0.1) is 0 Å². The fourth-order valence-corrected chi connectivity index (χ4v) is 2.84. The molecule has 2 aromatic rings. The molecule has 0 unspecified atom stereocenters. The molecule has 0 fully saturated rings. The molecule has 0 aliphatic heterocycles. The van der Waals surface area contributed by atoms with Gasteiger partial charge >= 0.3 is 0 Å². The van der Waals surface area contributed by atoms with Crippen LogP contribution in [0, 0.1) is 58.2 Å². The summed E-state index contributed by atoms with van der Waals surface area (Å²) in [6.45, 7) is 0. The van der Waals surface area contributed by atoms with E-state index in [1.54, 1.807) is 0 Å². The highest BCUT2D eigenvalue weighted by Gasteiger charge is 2.34. The Morgan fingerprint density at radius 2 is 0.857 bits per heavy atom. The predicted molar refractivity (Wildman–Crippen MR) is 66.2 cm³/mol. The van der Waals surface area contributed by atoms with E-state index in [1.807, 2.05) is 4.40 Å². The molecule has 0 atom stereocenters. The van der Waals surface area contributed by atoms with E-state index >= 15 is 0 Å². The summed E-state index contributed by atoms with van der Waals surface area (Å²) in [7, 11) is -6.19. The molecule has 0 saturated heterocycles. The van der Waals surface area contributed by atoms with E-state index in [4.69, 9.17) is 0 Å². The van der Waals surface area contributed by atoms with E-state index in [0.29, 0.717) is 0 Å². The first-order chi connectivity index (χ1) is 12.7. The van der Waals surface area contributed by atoms with Crippen molar-refractivity contribution in [1.82, 2.24) is 0 Å². The van der Waals surface area contributed by atoms with Crippen molar-refractivity contribution in [2.45, 2.75) is 4.90 Å². The number of nitrogens with zero attached hydrogens (tertiary/aromatic N) is 1. The summed E-state index contributed by atoms with van der Waals surface area (Å²) in [4.78, 5) is -2.68. The SMILES string of the molecule is O=S(=O)(N=C([O-])c1c(F)c(F)c(F)c(F)c1F)c1c(F)c(F)c(F)c(F)c1F. The van der Waals surface area contributed by atoms with Gasteiger partial charge in [0.25, 0.3) is 10.0 Å². The molecule has 0 N–H and O–H groups in total. The Hall–Kier alpha value is -2.84. The lowest BCUT2D eigenvalue weighted by Gasteiger charge is -2.14. The zero-order valence-corrected chi connectivity index (χ0v) is 13.2.